The second-order valence-corrected chi connectivity index (χ2v) is 7.74. The highest BCUT2D eigenvalue weighted by molar-refractivity contribution is 7.99. The molecule has 0 atom stereocenters. The minimum Gasteiger partial charge on any atom is -0.355 e. The number of carbonyl (C=O) groups excluding carboxylic acids is 1. The Bertz CT molecular complexity index is 497. The SMILES string of the molecule is CC(C)CNC(=O)CSc1nnc(CCC2CCCCC2)n1N. The third-order valence-electron chi connectivity index (χ3n) is 4.28. The molecular weight excluding hydrogens is 310 g/mol. The van der Waals surface area contributed by atoms with Crippen LogP contribution in [0, 0.1) is 11.8 Å². The van der Waals surface area contributed by atoms with E-state index in [-0.39, 0.29) is 5.91 Å². The summed E-state index contributed by atoms with van der Waals surface area (Å²) in [5.41, 5.74) is 0. The van der Waals surface area contributed by atoms with Gasteiger partial charge in [-0.1, -0.05) is 57.7 Å². The first-order valence-electron chi connectivity index (χ1n) is 8.65. The van der Waals surface area contributed by atoms with Gasteiger partial charge in [-0.2, -0.15) is 0 Å². The number of amides is 1. The van der Waals surface area contributed by atoms with E-state index in [1.165, 1.54) is 43.9 Å². The average molecular weight is 340 g/mol. The number of nitrogen functional groups attached to an aromatic ring is 1. The molecule has 2 rings (SSSR count). The summed E-state index contributed by atoms with van der Waals surface area (Å²) in [5, 5.41) is 11.8. The summed E-state index contributed by atoms with van der Waals surface area (Å²) >= 11 is 1.34. The molecule has 0 radical (unpaired) electrons. The molecule has 0 aliphatic heterocycles. The topological polar surface area (TPSA) is 85.8 Å². The van der Waals surface area contributed by atoms with Crippen molar-refractivity contribution < 1.29 is 4.79 Å². The van der Waals surface area contributed by atoms with Crippen LogP contribution in [0.5, 0.6) is 0 Å². The van der Waals surface area contributed by atoms with Crippen LogP contribution in [0.2, 0.25) is 0 Å². The van der Waals surface area contributed by atoms with E-state index in [1.807, 2.05) is 0 Å². The van der Waals surface area contributed by atoms with Crippen molar-refractivity contribution in [2.24, 2.45) is 11.8 Å². The van der Waals surface area contributed by atoms with Crippen molar-refractivity contribution in [3.05, 3.63) is 5.82 Å². The number of hydrogen-bond donors (Lipinski definition) is 2. The highest BCUT2D eigenvalue weighted by Crippen LogP contribution is 2.27. The monoisotopic (exact) mass is 339 g/mol. The maximum Gasteiger partial charge on any atom is 0.230 e. The normalized spacial score (nSPS) is 16.0. The summed E-state index contributed by atoms with van der Waals surface area (Å²) in [5.74, 6) is 8.48. The van der Waals surface area contributed by atoms with E-state index in [4.69, 9.17) is 5.84 Å². The highest BCUT2D eigenvalue weighted by atomic mass is 32.2. The van der Waals surface area contributed by atoms with Gasteiger partial charge >= 0.3 is 0 Å². The van der Waals surface area contributed by atoms with E-state index in [9.17, 15) is 4.79 Å². The van der Waals surface area contributed by atoms with Crippen LogP contribution in [0.25, 0.3) is 0 Å². The lowest BCUT2D eigenvalue weighted by Gasteiger charge is -2.20. The lowest BCUT2D eigenvalue weighted by molar-refractivity contribution is -0.118. The molecule has 6 nitrogen and oxygen atoms in total. The molecule has 1 aliphatic rings. The van der Waals surface area contributed by atoms with Crippen LogP contribution < -0.4 is 11.2 Å². The first kappa shape index (κ1) is 18.1. The summed E-state index contributed by atoms with van der Waals surface area (Å²) in [4.78, 5) is 11.7. The van der Waals surface area contributed by atoms with E-state index in [1.54, 1.807) is 4.68 Å². The van der Waals surface area contributed by atoms with Crippen molar-refractivity contribution in [2.45, 2.75) is 63.9 Å². The van der Waals surface area contributed by atoms with Crippen LogP contribution in [0.4, 0.5) is 0 Å². The van der Waals surface area contributed by atoms with Gasteiger partial charge in [0.05, 0.1) is 5.75 Å². The van der Waals surface area contributed by atoms with Crippen molar-refractivity contribution in [1.29, 1.82) is 0 Å². The average Bonchev–Trinajstić information content (AvgIpc) is 2.90. The molecule has 0 unspecified atom stereocenters. The molecule has 1 aromatic heterocycles. The van der Waals surface area contributed by atoms with Crippen LogP contribution >= 0.6 is 11.8 Å². The molecule has 1 aromatic rings. The Morgan fingerprint density at radius 2 is 2.09 bits per heavy atom. The van der Waals surface area contributed by atoms with Crippen LogP contribution in [0.3, 0.4) is 0 Å². The van der Waals surface area contributed by atoms with Gasteiger partial charge in [0.2, 0.25) is 11.1 Å². The van der Waals surface area contributed by atoms with Crippen LogP contribution in [0.15, 0.2) is 5.16 Å². The number of nitrogens with zero attached hydrogens (tertiary/aromatic N) is 3. The summed E-state index contributed by atoms with van der Waals surface area (Å²) in [6.07, 6.45) is 8.75. The second-order valence-electron chi connectivity index (χ2n) is 6.80. The maximum atomic E-state index is 11.7. The van der Waals surface area contributed by atoms with Crippen LogP contribution in [0.1, 0.15) is 58.2 Å². The molecule has 23 heavy (non-hydrogen) atoms. The van der Waals surface area contributed by atoms with Crippen molar-refractivity contribution in [3.63, 3.8) is 0 Å². The van der Waals surface area contributed by atoms with Gasteiger partial charge in [-0.3, -0.25) is 4.79 Å². The quantitative estimate of drug-likeness (QED) is 0.561. The number of carbonyl (C=O) groups is 1. The molecule has 1 fully saturated rings. The van der Waals surface area contributed by atoms with Crippen molar-refractivity contribution >= 4 is 17.7 Å². The highest BCUT2D eigenvalue weighted by Gasteiger charge is 2.16. The Morgan fingerprint density at radius 1 is 1.35 bits per heavy atom. The lowest BCUT2D eigenvalue weighted by atomic mass is 9.86. The Hall–Kier alpha value is -1.24. The van der Waals surface area contributed by atoms with Gasteiger partial charge in [-0.05, 0) is 18.3 Å². The molecule has 1 aliphatic carbocycles. The van der Waals surface area contributed by atoms with Crippen molar-refractivity contribution in [1.82, 2.24) is 20.2 Å². The summed E-state index contributed by atoms with van der Waals surface area (Å²) in [7, 11) is 0. The zero-order chi connectivity index (χ0) is 16.7. The van der Waals surface area contributed by atoms with E-state index >= 15 is 0 Å². The molecule has 0 aromatic carbocycles. The van der Waals surface area contributed by atoms with Gasteiger partial charge in [0.15, 0.2) is 5.82 Å². The minimum absolute atomic E-state index is 0.00968. The van der Waals surface area contributed by atoms with Crippen molar-refractivity contribution in [2.75, 3.05) is 18.1 Å². The number of nitrogens with one attached hydrogen (secondary N) is 1. The molecule has 0 saturated heterocycles. The predicted molar refractivity (Wildman–Crippen MR) is 93.6 cm³/mol. The Labute approximate surface area is 143 Å². The number of hydrogen-bond acceptors (Lipinski definition) is 5. The predicted octanol–water partition coefficient (Wildman–Crippen LogP) is 2.37. The molecular formula is C16H29N5OS. The molecule has 3 N–H and O–H groups in total. The largest absolute Gasteiger partial charge is 0.355 e. The molecule has 1 saturated carbocycles. The maximum absolute atomic E-state index is 11.7. The number of aryl methyl sites for hydroxylation is 1. The van der Waals surface area contributed by atoms with Gasteiger partial charge in [-0.15, -0.1) is 10.2 Å². The molecule has 1 amide bonds. The van der Waals surface area contributed by atoms with Gasteiger partial charge < -0.3 is 11.2 Å². The summed E-state index contributed by atoms with van der Waals surface area (Å²) in [6, 6.07) is 0. The van der Waals surface area contributed by atoms with E-state index in [2.05, 4.69) is 29.4 Å². The first-order chi connectivity index (χ1) is 11.1. The van der Waals surface area contributed by atoms with Gasteiger partial charge in [-0.25, -0.2) is 4.68 Å². The Balaban J connectivity index is 1.76. The van der Waals surface area contributed by atoms with Gasteiger partial charge in [0.1, 0.15) is 0 Å². The van der Waals surface area contributed by atoms with Crippen LogP contribution in [-0.4, -0.2) is 33.1 Å². The van der Waals surface area contributed by atoms with Gasteiger partial charge in [0.25, 0.3) is 0 Å². The first-order valence-corrected chi connectivity index (χ1v) is 9.63. The van der Waals surface area contributed by atoms with E-state index in [0.29, 0.717) is 23.4 Å². The minimum atomic E-state index is 0.00968. The molecule has 1 heterocycles. The third kappa shape index (κ3) is 6.05. The third-order valence-corrected chi connectivity index (χ3v) is 5.22. The number of rotatable bonds is 8. The Kier molecular flexibility index (Phi) is 7.20. The zero-order valence-corrected chi connectivity index (χ0v) is 15.1. The van der Waals surface area contributed by atoms with Crippen molar-refractivity contribution in [3.8, 4) is 0 Å². The fraction of sp³-hybridized carbons (Fsp3) is 0.812. The second kappa shape index (κ2) is 9.15. The van der Waals surface area contributed by atoms with Crippen LogP contribution in [-0.2, 0) is 11.2 Å². The number of thioether (sulfide) groups is 1. The zero-order valence-electron chi connectivity index (χ0n) is 14.3. The van der Waals surface area contributed by atoms with Gasteiger partial charge in [0, 0.05) is 13.0 Å². The number of aromatic nitrogens is 3. The lowest BCUT2D eigenvalue weighted by Crippen LogP contribution is -2.29. The smallest absolute Gasteiger partial charge is 0.230 e. The molecule has 0 spiro atoms. The fourth-order valence-electron chi connectivity index (χ4n) is 2.88. The fourth-order valence-corrected chi connectivity index (χ4v) is 3.59. The number of nitrogens with two attached hydrogens (primary N) is 1. The van der Waals surface area contributed by atoms with E-state index in [0.717, 1.165) is 24.6 Å². The van der Waals surface area contributed by atoms with E-state index < -0.39 is 0 Å². The summed E-state index contributed by atoms with van der Waals surface area (Å²) in [6.45, 7) is 4.84. The Morgan fingerprint density at radius 3 is 2.78 bits per heavy atom. The molecule has 0 bridgehead atoms. The molecule has 7 heteroatoms. The molecule has 130 valence electrons. The summed E-state index contributed by atoms with van der Waals surface area (Å²) < 4.78 is 1.54. The standard InChI is InChI=1S/C16H29N5OS/c1-12(2)10-18-15(22)11-23-16-20-19-14(21(16)17)9-8-13-6-4-3-5-7-13/h12-13H,3-11,17H2,1-2H3,(H,18,22).